The van der Waals surface area contributed by atoms with Crippen molar-refractivity contribution in [2.24, 2.45) is 0 Å². The van der Waals surface area contributed by atoms with Crippen LogP contribution in [0.2, 0.25) is 0 Å². The first-order chi connectivity index (χ1) is 13.3. The predicted octanol–water partition coefficient (Wildman–Crippen LogP) is 2.76. The number of amides is 2. The number of aryl methyl sites for hydroxylation is 3. The molecule has 0 saturated heterocycles. The molecule has 1 aliphatic rings. The normalized spacial score (nSPS) is 15.0. The lowest BCUT2D eigenvalue weighted by Crippen LogP contribution is -3.11. The van der Waals surface area contributed by atoms with E-state index in [9.17, 15) is 9.59 Å². The molecule has 28 heavy (non-hydrogen) atoms. The summed E-state index contributed by atoms with van der Waals surface area (Å²) in [5.41, 5.74) is 5.38. The van der Waals surface area contributed by atoms with E-state index in [1.165, 1.54) is 17.7 Å². The lowest BCUT2D eigenvalue weighted by molar-refractivity contribution is -0.862. The van der Waals surface area contributed by atoms with Crippen LogP contribution in [-0.4, -0.2) is 43.4 Å². The number of likely N-dealkylation sites (N-methyl/N-ethyl adjacent to an activating group) is 1. The number of carbonyl (C=O) groups is 2. The minimum Gasteiger partial charge on any atom is -0.322 e. The molecule has 5 nitrogen and oxygen atoms in total. The number of rotatable bonds is 8. The van der Waals surface area contributed by atoms with Gasteiger partial charge < -0.3 is 15.1 Å². The number of nitrogens with one attached hydrogen (secondary N) is 2. The van der Waals surface area contributed by atoms with Crippen molar-refractivity contribution in [1.29, 1.82) is 0 Å². The Morgan fingerprint density at radius 2 is 1.79 bits per heavy atom. The van der Waals surface area contributed by atoms with Crippen LogP contribution in [0.4, 0.5) is 5.69 Å². The van der Waals surface area contributed by atoms with Gasteiger partial charge in [-0.25, -0.2) is 0 Å². The maximum absolute atomic E-state index is 12.9. The van der Waals surface area contributed by atoms with Gasteiger partial charge in [-0.2, -0.15) is 0 Å². The van der Waals surface area contributed by atoms with E-state index in [1.54, 1.807) is 0 Å². The predicted molar refractivity (Wildman–Crippen MR) is 114 cm³/mol. The molecule has 1 aromatic carbocycles. The quantitative estimate of drug-likeness (QED) is 0.722. The highest BCUT2D eigenvalue weighted by atomic mass is 16.2. The number of benzene rings is 1. The van der Waals surface area contributed by atoms with Crippen LogP contribution in [0.15, 0.2) is 23.9 Å². The van der Waals surface area contributed by atoms with Crippen molar-refractivity contribution in [3.05, 3.63) is 40.6 Å². The number of quaternary nitrogens is 1. The maximum atomic E-state index is 12.9. The molecule has 1 aliphatic carbocycles. The average molecular weight is 387 g/mol. The molecule has 2 amide bonds. The third-order valence-electron chi connectivity index (χ3n) is 5.22. The van der Waals surface area contributed by atoms with Crippen LogP contribution in [0.1, 0.15) is 55.7 Å². The molecule has 1 atom stereocenters. The fourth-order valence-corrected chi connectivity index (χ4v) is 3.97. The smallest absolute Gasteiger partial charge is 0.281 e. The Balaban J connectivity index is 1.94. The van der Waals surface area contributed by atoms with Crippen LogP contribution in [0.5, 0.6) is 0 Å². The van der Waals surface area contributed by atoms with Gasteiger partial charge in [-0.1, -0.05) is 30.7 Å². The minimum atomic E-state index is -0.0562. The Labute approximate surface area is 169 Å². The summed E-state index contributed by atoms with van der Waals surface area (Å²) in [6.07, 6.45) is 7.55. The van der Waals surface area contributed by atoms with Crippen LogP contribution in [0.25, 0.3) is 0 Å². The van der Waals surface area contributed by atoms with Gasteiger partial charge in [-0.3, -0.25) is 9.59 Å². The van der Waals surface area contributed by atoms with Crippen molar-refractivity contribution < 1.29 is 14.5 Å². The molecule has 0 heterocycles. The standard InChI is InChI=1S/C23H35N3O2/c1-6-12-26(20-10-8-7-9-11-20)22(28)16-25(5)15-21(27)24-23-18(3)13-17(2)14-19(23)4/h10,13-14H,6-9,11-12,15-16H2,1-5H3,(H,24,27)/p+1. The Kier molecular flexibility index (Phi) is 8.24. The molecular weight excluding hydrogens is 350 g/mol. The molecule has 5 heteroatoms. The van der Waals surface area contributed by atoms with Gasteiger partial charge in [0.2, 0.25) is 0 Å². The number of allylic oxidation sites excluding steroid dienone is 2. The second kappa shape index (κ2) is 10.4. The summed E-state index contributed by atoms with van der Waals surface area (Å²) in [7, 11) is 1.91. The molecule has 0 bridgehead atoms. The van der Waals surface area contributed by atoms with E-state index >= 15 is 0 Å². The molecule has 0 aliphatic heterocycles. The van der Waals surface area contributed by atoms with Crippen molar-refractivity contribution in [3.63, 3.8) is 0 Å². The minimum absolute atomic E-state index is 0.0562. The molecule has 1 aromatic rings. The van der Waals surface area contributed by atoms with Crippen LogP contribution in [0, 0.1) is 20.8 Å². The first-order valence-corrected chi connectivity index (χ1v) is 10.5. The summed E-state index contributed by atoms with van der Waals surface area (Å²) in [4.78, 5) is 28.2. The van der Waals surface area contributed by atoms with Crippen LogP contribution in [-0.2, 0) is 9.59 Å². The molecule has 0 spiro atoms. The first kappa shape index (κ1) is 22.2. The molecule has 1 unspecified atom stereocenters. The highest BCUT2D eigenvalue weighted by Gasteiger charge is 2.23. The number of anilines is 1. The Morgan fingerprint density at radius 3 is 2.36 bits per heavy atom. The van der Waals surface area contributed by atoms with Gasteiger partial charge in [-0.05, 0) is 64.0 Å². The summed E-state index contributed by atoms with van der Waals surface area (Å²) in [6, 6.07) is 4.15. The van der Waals surface area contributed by atoms with Gasteiger partial charge in [0.1, 0.15) is 0 Å². The average Bonchev–Trinajstić information content (AvgIpc) is 2.63. The zero-order valence-corrected chi connectivity index (χ0v) is 18.2. The van der Waals surface area contributed by atoms with E-state index in [1.807, 2.05) is 25.8 Å². The van der Waals surface area contributed by atoms with Crippen LogP contribution in [0.3, 0.4) is 0 Å². The summed E-state index contributed by atoms with van der Waals surface area (Å²) in [5.74, 6) is 0.0577. The summed E-state index contributed by atoms with van der Waals surface area (Å²) in [6.45, 7) is 9.53. The zero-order chi connectivity index (χ0) is 20.7. The Morgan fingerprint density at radius 1 is 1.11 bits per heavy atom. The lowest BCUT2D eigenvalue weighted by atomic mass is 10.0. The highest BCUT2D eigenvalue weighted by Crippen LogP contribution is 2.22. The van der Waals surface area contributed by atoms with Gasteiger partial charge in [0, 0.05) is 17.9 Å². The van der Waals surface area contributed by atoms with E-state index in [-0.39, 0.29) is 18.4 Å². The van der Waals surface area contributed by atoms with Crippen molar-refractivity contribution >= 4 is 17.5 Å². The highest BCUT2D eigenvalue weighted by molar-refractivity contribution is 5.93. The van der Waals surface area contributed by atoms with E-state index < -0.39 is 0 Å². The van der Waals surface area contributed by atoms with Crippen molar-refractivity contribution in [1.82, 2.24) is 4.90 Å². The molecule has 0 aromatic heterocycles. The van der Waals surface area contributed by atoms with Gasteiger partial charge in [0.15, 0.2) is 13.1 Å². The molecule has 0 fully saturated rings. The number of carbonyl (C=O) groups excluding carboxylic acids is 2. The summed E-state index contributed by atoms with van der Waals surface area (Å²) >= 11 is 0. The topological polar surface area (TPSA) is 53.9 Å². The lowest BCUT2D eigenvalue weighted by Gasteiger charge is -2.28. The zero-order valence-electron chi connectivity index (χ0n) is 18.2. The van der Waals surface area contributed by atoms with Crippen molar-refractivity contribution in [2.45, 2.75) is 59.8 Å². The third-order valence-corrected chi connectivity index (χ3v) is 5.22. The van der Waals surface area contributed by atoms with E-state index in [2.05, 4.69) is 37.4 Å². The van der Waals surface area contributed by atoms with Crippen LogP contribution < -0.4 is 10.2 Å². The van der Waals surface area contributed by atoms with Gasteiger partial charge in [0.25, 0.3) is 11.8 Å². The maximum Gasteiger partial charge on any atom is 0.281 e. The van der Waals surface area contributed by atoms with Gasteiger partial charge in [-0.15, -0.1) is 0 Å². The van der Waals surface area contributed by atoms with Crippen LogP contribution >= 0.6 is 0 Å². The fourth-order valence-electron chi connectivity index (χ4n) is 3.97. The number of hydrogen-bond acceptors (Lipinski definition) is 2. The fraction of sp³-hybridized carbons (Fsp3) is 0.565. The monoisotopic (exact) mass is 386 g/mol. The molecule has 0 saturated carbocycles. The molecule has 154 valence electrons. The van der Waals surface area contributed by atoms with Gasteiger partial charge >= 0.3 is 0 Å². The second-order valence-electron chi connectivity index (χ2n) is 8.12. The Hall–Kier alpha value is -2.14. The molecular formula is C23H36N3O2+. The molecule has 2 N–H and O–H groups in total. The van der Waals surface area contributed by atoms with Crippen molar-refractivity contribution in [2.75, 3.05) is 32.0 Å². The van der Waals surface area contributed by atoms with E-state index in [0.717, 1.165) is 53.9 Å². The molecule has 2 rings (SSSR count). The third kappa shape index (κ3) is 6.20. The number of nitrogens with zero attached hydrogens (tertiary/aromatic N) is 1. The Bertz CT molecular complexity index is 716. The number of hydrogen-bond donors (Lipinski definition) is 2. The summed E-state index contributed by atoms with van der Waals surface area (Å²) in [5, 5.41) is 3.03. The van der Waals surface area contributed by atoms with E-state index in [4.69, 9.17) is 0 Å². The van der Waals surface area contributed by atoms with Gasteiger partial charge in [0.05, 0.1) is 7.05 Å². The molecule has 0 radical (unpaired) electrons. The largest absolute Gasteiger partial charge is 0.322 e. The second-order valence-corrected chi connectivity index (χ2v) is 8.12. The van der Waals surface area contributed by atoms with Crippen molar-refractivity contribution in [3.8, 4) is 0 Å². The SMILES string of the molecule is CCCN(C(=O)C[NH+](C)CC(=O)Nc1c(C)cc(C)cc1C)C1=CCCCC1. The van der Waals surface area contributed by atoms with E-state index in [0.29, 0.717) is 6.54 Å². The first-order valence-electron chi connectivity index (χ1n) is 10.5. The summed E-state index contributed by atoms with van der Waals surface area (Å²) < 4.78 is 0.